The Morgan fingerprint density at radius 2 is 2.20 bits per heavy atom. The molecule has 0 aromatic heterocycles. The summed E-state index contributed by atoms with van der Waals surface area (Å²) in [5, 5.41) is 12.1. The first kappa shape index (κ1) is 11.2. The fourth-order valence-electron chi connectivity index (χ4n) is 1.12. The smallest absolute Gasteiger partial charge is 0.176 e. The Kier molecular flexibility index (Phi) is 3.07. The Balaban J connectivity index is 3.42. The largest absolute Gasteiger partial charge is 0.323 e. The van der Waals surface area contributed by atoms with Gasteiger partial charge in [-0.2, -0.15) is 10.4 Å². The highest BCUT2D eigenvalue weighted by Crippen LogP contribution is 2.15. The molecule has 2 N–H and O–H groups in total. The molecule has 0 heterocycles. The van der Waals surface area contributed by atoms with Crippen LogP contribution in [-0.4, -0.2) is 20.9 Å². The molecular weight excluding hydrogens is 214 g/mol. The molecule has 0 saturated carbocycles. The third kappa shape index (κ3) is 2.54. The average molecular weight is 223 g/mol. The molecule has 1 rings (SSSR count). The van der Waals surface area contributed by atoms with Crippen LogP contribution in [0.5, 0.6) is 0 Å². The minimum atomic E-state index is -3.38. The lowest BCUT2D eigenvalue weighted by Gasteiger charge is -2.01. The predicted octanol–water partition coefficient (Wildman–Crippen LogP) is 0.254. The quantitative estimate of drug-likeness (QED) is 0.441. The molecule has 0 aliphatic carbocycles. The van der Waals surface area contributed by atoms with Crippen molar-refractivity contribution in [2.75, 3.05) is 6.26 Å². The van der Waals surface area contributed by atoms with Crippen LogP contribution in [0.1, 0.15) is 11.1 Å². The molecule has 6 heteroatoms. The van der Waals surface area contributed by atoms with Crippen molar-refractivity contribution in [2.45, 2.75) is 4.90 Å². The van der Waals surface area contributed by atoms with E-state index in [1.54, 1.807) is 0 Å². The molecule has 5 nitrogen and oxygen atoms in total. The molecule has 0 saturated heterocycles. The van der Waals surface area contributed by atoms with E-state index in [-0.39, 0.29) is 10.5 Å². The highest BCUT2D eigenvalue weighted by molar-refractivity contribution is 7.90. The first-order valence-electron chi connectivity index (χ1n) is 3.96. The van der Waals surface area contributed by atoms with E-state index in [9.17, 15) is 8.42 Å². The monoisotopic (exact) mass is 223 g/mol. The van der Waals surface area contributed by atoms with E-state index in [4.69, 9.17) is 11.1 Å². The molecule has 0 unspecified atom stereocenters. The van der Waals surface area contributed by atoms with E-state index in [0.29, 0.717) is 5.56 Å². The summed E-state index contributed by atoms with van der Waals surface area (Å²) >= 11 is 0. The molecule has 0 spiro atoms. The lowest BCUT2D eigenvalue weighted by Crippen LogP contribution is -2.01. The minimum absolute atomic E-state index is 0.0131. The lowest BCUT2D eigenvalue weighted by atomic mass is 10.1. The van der Waals surface area contributed by atoms with Crippen LogP contribution in [0.25, 0.3) is 0 Å². The summed E-state index contributed by atoms with van der Waals surface area (Å²) in [6, 6.07) is 6.14. The molecule has 1 aromatic rings. The molecule has 0 aliphatic heterocycles. The number of nitrogens with zero attached hydrogens (tertiary/aromatic N) is 2. The molecule has 0 bridgehead atoms. The molecule has 0 aliphatic rings. The van der Waals surface area contributed by atoms with Crippen LogP contribution in [0.4, 0.5) is 0 Å². The van der Waals surface area contributed by atoms with Crippen LogP contribution in [-0.2, 0) is 9.84 Å². The maximum absolute atomic E-state index is 11.3. The van der Waals surface area contributed by atoms with Crippen LogP contribution in [0.2, 0.25) is 0 Å². The van der Waals surface area contributed by atoms with Gasteiger partial charge in [0.2, 0.25) is 0 Å². The van der Waals surface area contributed by atoms with Gasteiger partial charge in [0, 0.05) is 6.26 Å². The third-order valence-electron chi connectivity index (χ3n) is 1.75. The SMILES string of the molecule is CS(=O)(=O)c1ccc(C=NN)cc1C#N. The molecule has 0 atom stereocenters. The molecule has 1 aromatic carbocycles. The Morgan fingerprint density at radius 3 is 2.67 bits per heavy atom. The van der Waals surface area contributed by atoms with Crippen molar-refractivity contribution in [3.63, 3.8) is 0 Å². The Morgan fingerprint density at radius 1 is 1.53 bits per heavy atom. The second kappa shape index (κ2) is 4.11. The van der Waals surface area contributed by atoms with Gasteiger partial charge in [0.1, 0.15) is 6.07 Å². The van der Waals surface area contributed by atoms with E-state index < -0.39 is 9.84 Å². The van der Waals surface area contributed by atoms with E-state index in [1.165, 1.54) is 24.4 Å². The molecule has 78 valence electrons. The Bertz CT molecular complexity index is 541. The summed E-state index contributed by atoms with van der Waals surface area (Å²) < 4.78 is 22.5. The standard InChI is InChI=1S/C9H9N3O2S/c1-15(13,14)9-3-2-7(6-12-11)4-8(9)5-10/h2-4,6H,11H2,1H3. The zero-order chi connectivity index (χ0) is 11.5. The number of rotatable bonds is 2. The minimum Gasteiger partial charge on any atom is -0.323 e. The number of nitriles is 1. The van der Waals surface area contributed by atoms with E-state index >= 15 is 0 Å². The number of hydrogen-bond donors (Lipinski definition) is 1. The van der Waals surface area contributed by atoms with Gasteiger partial charge >= 0.3 is 0 Å². The van der Waals surface area contributed by atoms with Gasteiger partial charge in [-0.1, -0.05) is 6.07 Å². The van der Waals surface area contributed by atoms with Gasteiger partial charge in [0.25, 0.3) is 0 Å². The predicted molar refractivity (Wildman–Crippen MR) is 56.0 cm³/mol. The summed E-state index contributed by atoms with van der Waals surface area (Å²) in [7, 11) is -3.38. The van der Waals surface area contributed by atoms with Crippen molar-refractivity contribution >= 4 is 16.1 Å². The maximum Gasteiger partial charge on any atom is 0.176 e. The van der Waals surface area contributed by atoms with Crippen molar-refractivity contribution in [1.29, 1.82) is 5.26 Å². The van der Waals surface area contributed by atoms with E-state index in [1.807, 2.05) is 6.07 Å². The average Bonchev–Trinajstić information content (AvgIpc) is 2.16. The Hall–Kier alpha value is -1.87. The highest BCUT2D eigenvalue weighted by Gasteiger charge is 2.12. The topological polar surface area (TPSA) is 96.3 Å². The molecular formula is C9H9N3O2S. The number of benzene rings is 1. The molecule has 0 amide bonds. The van der Waals surface area contributed by atoms with E-state index in [2.05, 4.69) is 5.10 Å². The molecule has 0 fully saturated rings. The summed E-state index contributed by atoms with van der Waals surface area (Å²) in [6.45, 7) is 0. The number of sulfone groups is 1. The first-order chi connectivity index (χ1) is 6.99. The van der Waals surface area contributed by atoms with Gasteiger partial charge < -0.3 is 5.84 Å². The number of hydrogen-bond acceptors (Lipinski definition) is 5. The zero-order valence-corrected chi connectivity index (χ0v) is 8.82. The molecule has 15 heavy (non-hydrogen) atoms. The van der Waals surface area contributed by atoms with Gasteiger partial charge in [0.05, 0.1) is 16.7 Å². The second-order valence-corrected chi connectivity index (χ2v) is 4.90. The van der Waals surface area contributed by atoms with Crippen molar-refractivity contribution in [2.24, 2.45) is 10.9 Å². The number of hydrazone groups is 1. The molecule has 0 radical (unpaired) electrons. The van der Waals surface area contributed by atoms with Gasteiger partial charge in [0.15, 0.2) is 9.84 Å². The van der Waals surface area contributed by atoms with Crippen molar-refractivity contribution in [1.82, 2.24) is 0 Å². The van der Waals surface area contributed by atoms with Crippen LogP contribution >= 0.6 is 0 Å². The summed E-state index contributed by atoms with van der Waals surface area (Å²) in [6.07, 6.45) is 2.40. The summed E-state index contributed by atoms with van der Waals surface area (Å²) in [4.78, 5) is 0.0131. The Labute approximate surface area is 87.7 Å². The fourth-order valence-corrected chi connectivity index (χ4v) is 1.94. The fraction of sp³-hybridized carbons (Fsp3) is 0.111. The van der Waals surface area contributed by atoms with Crippen LogP contribution in [0, 0.1) is 11.3 Å². The normalized spacial score (nSPS) is 11.5. The van der Waals surface area contributed by atoms with Crippen LogP contribution in [0.15, 0.2) is 28.2 Å². The van der Waals surface area contributed by atoms with Gasteiger partial charge in [-0.15, -0.1) is 0 Å². The summed E-state index contributed by atoms with van der Waals surface area (Å²) in [5.74, 6) is 4.94. The summed E-state index contributed by atoms with van der Waals surface area (Å²) in [5.41, 5.74) is 0.677. The third-order valence-corrected chi connectivity index (χ3v) is 2.90. The lowest BCUT2D eigenvalue weighted by molar-refractivity contribution is 0.601. The van der Waals surface area contributed by atoms with Gasteiger partial charge in [-0.05, 0) is 17.7 Å². The number of nitrogens with two attached hydrogens (primary N) is 1. The van der Waals surface area contributed by atoms with Crippen molar-refractivity contribution < 1.29 is 8.42 Å². The van der Waals surface area contributed by atoms with Crippen molar-refractivity contribution in [3.8, 4) is 6.07 Å². The van der Waals surface area contributed by atoms with Crippen LogP contribution in [0.3, 0.4) is 0 Å². The first-order valence-corrected chi connectivity index (χ1v) is 5.85. The van der Waals surface area contributed by atoms with Crippen molar-refractivity contribution in [3.05, 3.63) is 29.3 Å². The zero-order valence-electron chi connectivity index (χ0n) is 8.01. The van der Waals surface area contributed by atoms with Crippen LogP contribution < -0.4 is 5.84 Å². The van der Waals surface area contributed by atoms with Gasteiger partial charge in [-0.3, -0.25) is 0 Å². The maximum atomic E-state index is 11.3. The highest BCUT2D eigenvalue weighted by atomic mass is 32.2. The van der Waals surface area contributed by atoms with Gasteiger partial charge in [-0.25, -0.2) is 8.42 Å². The second-order valence-electron chi connectivity index (χ2n) is 2.92. The van der Waals surface area contributed by atoms with E-state index in [0.717, 1.165) is 6.26 Å².